The quantitative estimate of drug-likeness (QED) is 0.393. The predicted molar refractivity (Wildman–Crippen MR) is 112 cm³/mol. The smallest absolute Gasteiger partial charge is 0.132 e. The van der Waals surface area contributed by atoms with Gasteiger partial charge in [0.05, 0.1) is 0 Å². The van der Waals surface area contributed by atoms with Gasteiger partial charge in [-0.15, -0.1) is 0 Å². The number of benzene rings is 2. The highest BCUT2D eigenvalue weighted by atomic mass is 16.1. The van der Waals surface area contributed by atoms with Gasteiger partial charge in [-0.25, -0.2) is 0 Å². The van der Waals surface area contributed by atoms with Crippen LogP contribution in [0.2, 0.25) is 0 Å². The zero-order chi connectivity index (χ0) is 18.6. The van der Waals surface area contributed by atoms with E-state index in [1.807, 2.05) is 0 Å². The van der Waals surface area contributed by atoms with E-state index in [4.69, 9.17) is 0 Å². The highest BCUT2D eigenvalue weighted by molar-refractivity contribution is 5.78. The zero-order valence-corrected chi connectivity index (χ0v) is 16.5. The SMILES string of the molecule is CCCC(CCC(=O)CCC(CCC)c1ccccc1)c1ccccc1. The van der Waals surface area contributed by atoms with Gasteiger partial charge in [0.1, 0.15) is 5.78 Å². The van der Waals surface area contributed by atoms with Gasteiger partial charge in [0.15, 0.2) is 0 Å². The van der Waals surface area contributed by atoms with E-state index >= 15 is 0 Å². The molecule has 0 N–H and O–H groups in total. The number of rotatable bonds is 12. The minimum atomic E-state index is 0.430. The highest BCUT2D eigenvalue weighted by Gasteiger charge is 2.15. The van der Waals surface area contributed by atoms with E-state index in [9.17, 15) is 4.79 Å². The molecule has 2 atom stereocenters. The van der Waals surface area contributed by atoms with Gasteiger partial charge in [0, 0.05) is 12.8 Å². The first-order chi connectivity index (χ1) is 12.7. The van der Waals surface area contributed by atoms with Gasteiger partial charge < -0.3 is 0 Å². The van der Waals surface area contributed by atoms with Crippen LogP contribution in [-0.2, 0) is 4.79 Å². The summed E-state index contributed by atoms with van der Waals surface area (Å²) in [5.41, 5.74) is 2.77. The van der Waals surface area contributed by atoms with Crippen LogP contribution in [0.15, 0.2) is 60.7 Å². The Labute approximate surface area is 159 Å². The molecule has 140 valence electrons. The first-order valence-corrected chi connectivity index (χ1v) is 10.4. The fraction of sp³-hybridized carbons (Fsp3) is 0.480. The summed E-state index contributed by atoms with van der Waals surface area (Å²) in [5.74, 6) is 1.47. The van der Waals surface area contributed by atoms with E-state index in [1.165, 1.54) is 36.8 Å². The van der Waals surface area contributed by atoms with E-state index in [0.29, 0.717) is 30.5 Å². The minimum absolute atomic E-state index is 0.430. The molecule has 2 unspecified atom stereocenters. The molecule has 0 saturated heterocycles. The van der Waals surface area contributed by atoms with E-state index in [1.54, 1.807) is 0 Å². The van der Waals surface area contributed by atoms with E-state index in [0.717, 1.165) is 12.8 Å². The van der Waals surface area contributed by atoms with Crippen LogP contribution < -0.4 is 0 Å². The summed E-state index contributed by atoms with van der Waals surface area (Å²) in [5, 5.41) is 0. The van der Waals surface area contributed by atoms with Gasteiger partial charge in [0.25, 0.3) is 0 Å². The summed E-state index contributed by atoms with van der Waals surface area (Å²) in [6.07, 6.45) is 8.07. The molecule has 0 heterocycles. The molecular formula is C25H34O. The van der Waals surface area contributed by atoms with Crippen LogP contribution in [0.3, 0.4) is 0 Å². The number of hydrogen-bond acceptors (Lipinski definition) is 1. The molecule has 0 aromatic heterocycles. The number of carbonyl (C=O) groups is 1. The fourth-order valence-corrected chi connectivity index (χ4v) is 3.90. The summed E-state index contributed by atoms with van der Waals surface area (Å²) in [6.45, 7) is 4.46. The van der Waals surface area contributed by atoms with Gasteiger partial charge in [-0.1, -0.05) is 87.4 Å². The molecule has 0 aliphatic heterocycles. The van der Waals surface area contributed by atoms with Crippen LogP contribution in [0.4, 0.5) is 0 Å². The Morgan fingerprint density at radius 2 is 1.04 bits per heavy atom. The molecule has 0 amide bonds. The molecule has 2 rings (SSSR count). The van der Waals surface area contributed by atoms with E-state index in [-0.39, 0.29) is 0 Å². The van der Waals surface area contributed by atoms with E-state index < -0.39 is 0 Å². The number of hydrogen-bond donors (Lipinski definition) is 0. The molecule has 0 radical (unpaired) electrons. The lowest BCUT2D eigenvalue weighted by Crippen LogP contribution is -2.07. The van der Waals surface area contributed by atoms with Gasteiger partial charge in [-0.2, -0.15) is 0 Å². The zero-order valence-electron chi connectivity index (χ0n) is 16.5. The fourth-order valence-electron chi connectivity index (χ4n) is 3.90. The van der Waals surface area contributed by atoms with Gasteiger partial charge >= 0.3 is 0 Å². The predicted octanol–water partition coefficient (Wildman–Crippen LogP) is 7.28. The molecule has 0 spiro atoms. The maximum atomic E-state index is 12.5. The third-order valence-corrected chi connectivity index (χ3v) is 5.36. The van der Waals surface area contributed by atoms with E-state index in [2.05, 4.69) is 74.5 Å². The van der Waals surface area contributed by atoms with Crippen molar-refractivity contribution in [3.05, 3.63) is 71.8 Å². The van der Waals surface area contributed by atoms with Crippen molar-refractivity contribution < 1.29 is 4.79 Å². The molecule has 2 aromatic rings. The lowest BCUT2D eigenvalue weighted by atomic mass is 9.87. The third kappa shape index (κ3) is 6.78. The molecule has 0 saturated carbocycles. The molecule has 0 aliphatic rings. The minimum Gasteiger partial charge on any atom is -0.300 e. The molecule has 1 nitrogen and oxygen atoms in total. The second-order valence-corrected chi connectivity index (χ2v) is 7.41. The molecule has 2 aromatic carbocycles. The number of Topliss-reactive ketones (excluding diaryl/α,β-unsaturated/α-hetero) is 1. The maximum absolute atomic E-state index is 12.5. The van der Waals surface area contributed by atoms with Crippen LogP contribution in [0.5, 0.6) is 0 Å². The first-order valence-electron chi connectivity index (χ1n) is 10.4. The molecule has 26 heavy (non-hydrogen) atoms. The Kier molecular flexibility index (Phi) is 9.17. The molecule has 0 bridgehead atoms. The van der Waals surface area contributed by atoms with Crippen molar-refractivity contribution in [2.75, 3.05) is 0 Å². The molecule has 0 aliphatic carbocycles. The second-order valence-electron chi connectivity index (χ2n) is 7.41. The van der Waals surface area contributed by atoms with Crippen molar-refractivity contribution >= 4 is 5.78 Å². The van der Waals surface area contributed by atoms with Crippen molar-refractivity contribution in [1.82, 2.24) is 0 Å². The van der Waals surface area contributed by atoms with Crippen LogP contribution >= 0.6 is 0 Å². The van der Waals surface area contributed by atoms with Crippen molar-refractivity contribution in [2.24, 2.45) is 0 Å². The standard InChI is InChI=1S/C25H34O/c1-3-11-21(23-13-7-5-8-14-23)17-19-25(26)20-18-22(12-4-2)24-15-9-6-10-16-24/h5-10,13-16,21-22H,3-4,11-12,17-20H2,1-2H3. The van der Waals surface area contributed by atoms with Crippen molar-refractivity contribution in [1.29, 1.82) is 0 Å². The highest BCUT2D eigenvalue weighted by Crippen LogP contribution is 2.29. The summed E-state index contributed by atoms with van der Waals surface area (Å²) in [7, 11) is 0. The first kappa shape index (κ1) is 20.4. The monoisotopic (exact) mass is 350 g/mol. The largest absolute Gasteiger partial charge is 0.300 e. The topological polar surface area (TPSA) is 17.1 Å². The number of carbonyl (C=O) groups excluding carboxylic acids is 1. The molecule has 1 heteroatoms. The lowest BCUT2D eigenvalue weighted by Gasteiger charge is -2.18. The third-order valence-electron chi connectivity index (χ3n) is 5.36. The van der Waals surface area contributed by atoms with Crippen molar-refractivity contribution in [3.63, 3.8) is 0 Å². The summed E-state index contributed by atoms with van der Waals surface area (Å²) < 4.78 is 0. The van der Waals surface area contributed by atoms with Gasteiger partial charge in [-0.05, 0) is 48.6 Å². The Hall–Kier alpha value is -1.89. The second kappa shape index (κ2) is 11.7. The summed E-state index contributed by atoms with van der Waals surface area (Å²) >= 11 is 0. The van der Waals surface area contributed by atoms with Gasteiger partial charge in [-0.3, -0.25) is 4.79 Å². The van der Waals surface area contributed by atoms with Crippen LogP contribution in [0.1, 0.15) is 88.2 Å². The Morgan fingerprint density at radius 1 is 0.654 bits per heavy atom. The number of ketones is 1. The Morgan fingerprint density at radius 3 is 1.38 bits per heavy atom. The van der Waals surface area contributed by atoms with Crippen molar-refractivity contribution in [2.45, 2.75) is 77.0 Å². The molecule has 0 fully saturated rings. The average molecular weight is 351 g/mol. The van der Waals surface area contributed by atoms with Gasteiger partial charge in [0.2, 0.25) is 0 Å². The normalized spacial score (nSPS) is 13.3. The summed E-state index contributed by atoms with van der Waals surface area (Å²) in [6, 6.07) is 21.4. The van der Waals surface area contributed by atoms with Crippen LogP contribution in [0.25, 0.3) is 0 Å². The lowest BCUT2D eigenvalue weighted by molar-refractivity contribution is -0.119. The maximum Gasteiger partial charge on any atom is 0.132 e. The molecular weight excluding hydrogens is 316 g/mol. The van der Waals surface area contributed by atoms with Crippen molar-refractivity contribution in [3.8, 4) is 0 Å². The van der Waals surface area contributed by atoms with Crippen LogP contribution in [0, 0.1) is 0 Å². The Balaban J connectivity index is 1.84. The van der Waals surface area contributed by atoms with Crippen LogP contribution in [-0.4, -0.2) is 5.78 Å². The Bertz CT molecular complexity index is 562. The average Bonchev–Trinajstić information content (AvgIpc) is 2.69. The summed E-state index contributed by atoms with van der Waals surface area (Å²) in [4.78, 5) is 12.5.